The second-order valence-corrected chi connectivity index (χ2v) is 12.5. The van der Waals surface area contributed by atoms with E-state index in [-0.39, 0.29) is 67.8 Å². The second-order valence-electron chi connectivity index (χ2n) is 9.75. The summed E-state index contributed by atoms with van der Waals surface area (Å²) in [6.45, 7) is 0. The quantitative estimate of drug-likeness (QED) is 0.0473. The van der Waals surface area contributed by atoms with Crippen molar-refractivity contribution in [3.63, 3.8) is 0 Å². The normalized spacial score (nSPS) is 12.3. The Balaban J connectivity index is 1.72. The summed E-state index contributed by atoms with van der Waals surface area (Å²) >= 11 is 0. The van der Waals surface area contributed by atoms with E-state index in [1.165, 1.54) is 36.4 Å². The van der Waals surface area contributed by atoms with Crippen molar-refractivity contribution in [1.29, 1.82) is 0 Å². The van der Waals surface area contributed by atoms with Crippen LogP contribution >= 0.6 is 0 Å². The van der Waals surface area contributed by atoms with E-state index in [9.17, 15) is 45.7 Å². The van der Waals surface area contributed by atoms with E-state index in [1.807, 2.05) is 0 Å². The predicted octanol–water partition coefficient (Wildman–Crippen LogP) is 4.91. The summed E-state index contributed by atoms with van der Waals surface area (Å²) in [6, 6.07) is 11.4. The van der Waals surface area contributed by atoms with Gasteiger partial charge in [-0.25, -0.2) is 9.59 Å². The van der Waals surface area contributed by atoms with Gasteiger partial charge in [0.1, 0.15) is 21.2 Å². The first kappa shape index (κ1) is 34.6. The van der Waals surface area contributed by atoms with Crippen molar-refractivity contribution in [2.45, 2.75) is 9.79 Å². The van der Waals surface area contributed by atoms with Crippen LogP contribution in [0, 0.1) is 0 Å². The van der Waals surface area contributed by atoms with Crippen LogP contribution in [0.1, 0.15) is 31.8 Å². The third-order valence-electron chi connectivity index (χ3n) is 6.31. The maximum Gasteiger partial charge on any atom is 0.338 e. The van der Waals surface area contributed by atoms with Gasteiger partial charge in [0.2, 0.25) is 0 Å². The van der Waals surface area contributed by atoms with Crippen LogP contribution in [-0.4, -0.2) is 48.1 Å². The van der Waals surface area contributed by atoms with Gasteiger partial charge in [0.15, 0.2) is 0 Å². The fourth-order valence-electron chi connectivity index (χ4n) is 4.20. The largest absolute Gasteiger partial charge is 0.478 e. The summed E-state index contributed by atoms with van der Waals surface area (Å²) in [5.74, 6) is -2.80. The Morgan fingerprint density at radius 1 is 0.562 bits per heavy atom. The molecule has 48 heavy (non-hydrogen) atoms. The lowest BCUT2D eigenvalue weighted by Crippen LogP contribution is -2.02. The molecule has 0 unspecified atom stereocenters. The number of anilines is 4. The SMILES string of the molecule is Nc1cc(N)c(N=Nc2ccc(/C=C\c3ccc(N=Nc4c(N)cc(N)cc4C(=O)O)cc3S(=O)(=O)O)c(S(=O)(=O)O)c2)c(C(=O)O)c1. The summed E-state index contributed by atoms with van der Waals surface area (Å²) in [6.07, 6.45) is 2.23. The molecule has 0 saturated heterocycles. The number of carboxylic acid groups (broad SMARTS) is 2. The molecule has 0 radical (unpaired) electrons. The number of benzene rings is 4. The smallest absolute Gasteiger partial charge is 0.338 e. The van der Waals surface area contributed by atoms with Crippen molar-refractivity contribution in [3.05, 3.63) is 82.9 Å². The number of rotatable bonds is 10. The molecule has 4 rings (SSSR count). The van der Waals surface area contributed by atoms with Crippen LogP contribution in [0.25, 0.3) is 12.2 Å². The van der Waals surface area contributed by atoms with Crippen LogP contribution in [0.4, 0.5) is 45.5 Å². The Kier molecular flexibility index (Phi) is 9.57. The number of nitrogens with two attached hydrogens (primary N) is 4. The molecule has 12 N–H and O–H groups in total. The molecular formula is C28H24N8O10S2. The van der Waals surface area contributed by atoms with Crippen LogP contribution in [0.3, 0.4) is 0 Å². The number of hydrogen-bond acceptors (Lipinski definition) is 14. The first-order valence-electron chi connectivity index (χ1n) is 12.9. The zero-order chi connectivity index (χ0) is 35.6. The fourth-order valence-corrected chi connectivity index (χ4v) is 5.60. The molecule has 4 aromatic rings. The van der Waals surface area contributed by atoms with Gasteiger partial charge in [0.25, 0.3) is 20.2 Å². The molecule has 18 nitrogen and oxygen atoms in total. The van der Waals surface area contributed by atoms with Gasteiger partial charge in [-0.05, 0) is 59.7 Å². The first-order valence-corrected chi connectivity index (χ1v) is 15.8. The molecule has 0 fully saturated rings. The van der Waals surface area contributed by atoms with E-state index in [4.69, 9.17) is 22.9 Å². The maximum absolute atomic E-state index is 12.2. The zero-order valence-corrected chi connectivity index (χ0v) is 25.7. The lowest BCUT2D eigenvalue weighted by atomic mass is 10.1. The topological polar surface area (TPSA) is 337 Å². The number of carbonyl (C=O) groups is 2. The molecule has 0 spiro atoms. The molecule has 0 aliphatic heterocycles. The van der Waals surface area contributed by atoms with E-state index in [1.54, 1.807) is 0 Å². The molecule has 248 valence electrons. The molecule has 0 heterocycles. The predicted molar refractivity (Wildman–Crippen MR) is 174 cm³/mol. The number of aromatic carboxylic acids is 2. The summed E-state index contributed by atoms with van der Waals surface area (Å²) in [4.78, 5) is 21.8. The van der Waals surface area contributed by atoms with Gasteiger partial charge in [-0.1, -0.05) is 24.3 Å². The van der Waals surface area contributed by atoms with Crippen LogP contribution in [0.5, 0.6) is 0 Å². The zero-order valence-electron chi connectivity index (χ0n) is 24.1. The third kappa shape index (κ3) is 7.94. The molecule has 0 amide bonds. The Hall–Kier alpha value is -6.22. The van der Waals surface area contributed by atoms with Crippen molar-refractivity contribution < 1.29 is 45.7 Å². The van der Waals surface area contributed by atoms with Crippen molar-refractivity contribution in [3.8, 4) is 0 Å². The highest BCUT2D eigenvalue weighted by molar-refractivity contribution is 7.86. The van der Waals surface area contributed by atoms with Crippen LogP contribution in [0.15, 0.2) is 90.9 Å². The van der Waals surface area contributed by atoms with Crippen LogP contribution in [-0.2, 0) is 20.2 Å². The average molecular weight is 697 g/mol. The van der Waals surface area contributed by atoms with Gasteiger partial charge < -0.3 is 33.1 Å². The second kappa shape index (κ2) is 13.3. The average Bonchev–Trinajstić information content (AvgIpc) is 2.97. The molecule has 4 aromatic carbocycles. The monoisotopic (exact) mass is 696 g/mol. The first-order chi connectivity index (χ1) is 22.3. The summed E-state index contributed by atoms with van der Waals surface area (Å²) in [7, 11) is -9.83. The van der Waals surface area contributed by atoms with Gasteiger partial charge in [0, 0.05) is 11.4 Å². The number of azo groups is 2. The van der Waals surface area contributed by atoms with Crippen LogP contribution < -0.4 is 22.9 Å². The maximum atomic E-state index is 12.2. The van der Waals surface area contributed by atoms with E-state index in [2.05, 4.69) is 20.5 Å². The van der Waals surface area contributed by atoms with Crippen molar-refractivity contribution in [1.82, 2.24) is 0 Å². The highest BCUT2D eigenvalue weighted by Crippen LogP contribution is 2.34. The third-order valence-corrected chi connectivity index (χ3v) is 8.13. The van der Waals surface area contributed by atoms with E-state index in [0.717, 1.165) is 36.4 Å². The van der Waals surface area contributed by atoms with Crippen LogP contribution in [0.2, 0.25) is 0 Å². The van der Waals surface area contributed by atoms with Crippen molar-refractivity contribution in [2.24, 2.45) is 20.5 Å². The Labute approximate surface area is 271 Å². The molecule has 20 heteroatoms. The molecule has 0 bridgehead atoms. The molecule has 0 aromatic heterocycles. The minimum Gasteiger partial charge on any atom is -0.478 e. The Bertz CT molecular complexity index is 2140. The molecule has 0 aliphatic carbocycles. The molecule has 0 aliphatic rings. The highest BCUT2D eigenvalue weighted by Gasteiger charge is 2.19. The van der Waals surface area contributed by atoms with E-state index < -0.39 is 42.0 Å². The van der Waals surface area contributed by atoms with E-state index >= 15 is 0 Å². The lowest BCUT2D eigenvalue weighted by Gasteiger charge is -2.08. The fraction of sp³-hybridized carbons (Fsp3) is 0. The molecular weight excluding hydrogens is 672 g/mol. The molecule has 0 saturated carbocycles. The number of carboxylic acids is 2. The number of hydrogen-bond donors (Lipinski definition) is 8. The van der Waals surface area contributed by atoms with E-state index in [0.29, 0.717) is 0 Å². The molecule has 0 atom stereocenters. The number of nitrogens with zero attached hydrogens (tertiary/aromatic N) is 4. The minimum absolute atomic E-state index is 0.0579. The Morgan fingerprint density at radius 2 is 0.917 bits per heavy atom. The lowest BCUT2D eigenvalue weighted by molar-refractivity contribution is 0.0687. The van der Waals surface area contributed by atoms with Gasteiger partial charge in [-0.2, -0.15) is 27.1 Å². The highest BCUT2D eigenvalue weighted by atomic mass is 32.2. The van der Waals surface area contributed by atoms with Crippen molar-refractivity contribution in [2.75, 3.05) is 22.9 Å². The number of nitrogen functional groups attached to an aromatic ring is 4. The van der Waals surface area contributed by atoms with Gasteiger partial charge in [0.05, 0.1) is 33.9 Å². The van der Waals surface area contributed by atoms with Gasteiger partial charge in [-0.15, -0.1) is 10.2 Å². The standard InChI is InChI=1S/C28H24N8O10S2/c29-15-7-19(27(37)38)25(21(31)9-15)35-33-17-5-3-13(23(11-17)47(41,42)43)1-2-14-4-6-18(12-24(14)48(44,45)46)34-36-26-20(28(39)40)8-16(30)10-22(26)32/h1-12H,29-32H2,(H,37,38)(H,39,40)(H,41,42,43)(H,44,45,46)/b2-1-,35-33?,36-34?. The summed E-state index contributed by atoms with van der Waals surface area (Å²) in [5, 5.41) is 34.1. The van der Waals surface area contributed by atoms with Gasteiger partial charge >= 0.3 is 11.9 Å². The summed E-state index contributed by atoms with van der Waals surface area (Å²) in [5.41, 5.74) is 20.9. The minimum atomic E-state index is -4.92. The Morgan fingerprint density at radius 3 is 1.23 bits per heavy atom. The van der Waals surface area contributed by atoms with Gasteiger partial charge in [-0.3, -0.25) is 9.11 Å². The summed E-state index contributed by atoms with van der Waals surface area (Å²) < 4.78 is 68.6. The van der Waals surface area contributed by atoms with Crippen molar-refractivity contribution >= 4 is 89.8 Å².